The summed E-state index contributed by atoms with van der Waals surface area (Å²) < 4.78 is 9.55. The first kappa shape index (κ1) is 35.6. The molecule has 14 rings (SSSR count). The molecule has 298 valence electrons. The minimum atomic E-state index is -0.659. The van der Waals surface area contributed by atoms with Crippen molar-refractivity contribution in [3.05, 3.63) is 247 Å². The van der Waals surface area contributed by atoms with Crippen molar-refractivity contribution in [1.82, 2.24) is 0 Å². The zero-order valence-electron chi connectivity index (χ0n) is 34.6. The van der Waals surface area contributed by atoms with Crippen LogP contribution in [0.5, 0.6) is 0 Å². The Bertz CT molecular complexity index is 3870. The van der Waals surface area contributed by atoms with E-state index in [2.05, 4.69) is 229 Å². The molecule has 0 N–H and O–H groups in total. The number of nitrogens with zero attached hydrogens (tertiary/aromatic N) is 1. The van der Waals surface area contributed by atoms with Gasteiger partial charge in [-0.2, -0.15) is 0 Å². The van der Waals surface area contributed by atoms with Gasteiger partial charge in [0.1, 0.15) is 5.58 Å². The average molecular weight is 832 g/mol. The van der Waals surface area contributed by atoms with Crippen molar-refractivity contribution in [2.24, 2.45) is 0 Å². The Labute approximate surface area is 374 Å². The van der Waals surface area contributed by atoms with Crippen LogP contribution in [0.1, 0.15) is 22.3 Å². The number of thiophene rings is 1. The highest BCUT2D eigenvalue weighted by atomic mass is 32.1. The fourth-order valence-electron chi connectivity index (χ4n) is 11.3. The molecule has 0 amide bonds. The van der Waals surface area contributed by atoms with E-state index in [1.807, 2.05) is 11.3 Å². The number of para-hydroxylation sites is 3. The van der Waals surface area contributed by atoms with Gasteiger partial charge in [-0.3, -0.25) is 0 Å². The van der Waals surface area contributed by atoms with E-state index in [4.69, 9.17) is 4.42 Å². The summed E-state index contributed by atoms with van der Waals surface area (Å²) in [6.07, 6.45) is 0. The second kappa shape index (κ2) is 13.5. The maximum absolute atomic E-state index is 6.89. The van der Waals surface area contributed by atoms with Crippen LogP contribution in [0.4, 0.5) is 17.1 Å². The summed E-state index contributed by atoms with van der Waals surface area (Å²) in [4.78, 5) is 2.45. The Morgan fingerprint density at radius 3 is 1.81 bits per heavy atom. The zero-order chi connectivity index (χ0) is 41.9. The molecule has 0 bridgehead atoms. The molecule has 0 fully saturated rings. The highest BCUT2D eigenvalue weighted by Gasteiger charge is 2.50. The van der Waals surface area contributed by atoms with E-state index >= 15 is 0 Å². The molecule has 3 heteroatoms. The van der Waals surface area contributed by atoms with Gasteiger partial charge in [0.05, 0.1) is 16.8 Å². The lowest BCUT2D eigenvalue weighted by Gasteiger charge is -2.36. The summed E-state index contributed by atoms with van der Waals surface area (Å²) in [6.45, 7) is 0. The third kappa shape index (κ3) is 4.79. The maximum atomic E-state index is 6.89. The summed E-state index contributed by atoms with van der Waals surface area (Å²) in [6, 6.07) is 82.9. The molecule has 0 saturated carbocycles. The minimum Gasteiger partial charge on any atom is -0.454 e. The van der Waals surface area contributed by atoms with Gasteiger partial charge in [-0.1, -0.05) is 188 Å². The predicted octanol–water partition coefficient (Wildman–Crippen LogP) is 17.1. The van der Waals surface area contributed by atoms with Gasteiger partial charge >= 0.3 is 0 Å². The van der Waals surface area contributed by atoms with Gasteiger partial charge in [-0.25, -0.2) is 0 Å². The van der Waals surface area contributed by atoms with Crippen LogP contribution < -0.4 is 4.90 Å². The average Bonchev–Trinajstić information content (AvgIpc) is 4.01. The van der Waals surface area contributed by atoms with Gasteiger partial charge < -0.3 is 9.32 Å². The Morgan fingerprint density at radius 2 is 0.984 bits per heavy atom. The Morgan fingerprint density at radius 1 is 0.375 bits per heavy atom. The molecular formula is C61H37NOS. The summed E-state index contributed by atoms with van der Waals surface area (Å²) >= 11 is 1.92. The molecule has 2 nitrogen and oxygen atoms in total. The van der Waals surface area contributed by atoms with Crippen LogP contribution >= 0.6 is 11.3 Å². The number of fused-ring (bicyclic) bond motifs is 19. The van der Waals surface area contributed by atoms with E-state index < -0.39 is 5.41 Å². The zero-order valence-corrected chi connectivity index (χ0v) is 35.4. The number of hydrogen-bond acceptors (Lipinski definition) is 3. The fourth-order valence-corrected chi connectivity index (χ4v) is 12.6. The van der Waals surface area contributed by atoms with Gasteiger partial charge in [0.15, 0.2) is 5.58 Å². The molecule has 0 saturated heterocycles. The monoisotopic (exact) mass is 831 g/mol. The minimum absolute atomic E-state index is 0.659. The van der Waals surface area contributed by atoms with E-state index in [0.29, 0.717) is 0 Å². The molecule has 0 radical (unpaired) electrons. The number of rotatable bonds is 4. The summed E-state index contributed by atoms with van der Waals surface area (Å²) in [7, 11) is 0. The third-order valence-electron chi connectivity index (χ3n) is 13.9. The lowest BCUT2D eigenvalue weighted by Crippen LogP contribution is -2.29. The lowest BCUT2D eigenvalue weighted by molar-refractivity contribution is 0.669. The van der Waals surface area contributed by atoms with Crippen LogP contribution in [0.25, 0.3) is 86.6 Å². The van der Waals surface area contributed by atoms with Crippen LogP contribution in [0, 0.1) is 0 Å². The van der Waals surface area contributed by atoms with Crippen molar-refractivity contribution in [1.29, 1.82) is 0 Å². The number of furan rings is 1. The number of anilines is 3. The highest BCUT2D eigenvalue weighted by Crippen LogP contribution is 2.64. The maximum Gasteiger partial charge on any atom is 0.159 e. The largest absolute Gasteiger partial charge is 0.454 e. The van der Waals surface area contributed by atoms with Crippen molar-refractivity contribution < 1.29 is 4.42 Å². The molecule has 1 unspecified atom stereocenters. The molecule has 0 aliphatic heterocycles. The highest BCUT2D eigenvalue weighted by molar-refractivity contribution is 7.26. The van der Waals surface area contributed by atoms with Gasteiger partial charge in [0.2, 0.25) is 0 Å². The third-order valence-corrected chi connectivity index (χ3v) is 15.1. The van der Waals surface area contributed by atoms with Crippen molar-refractivity contribution in [2.75, 3.05) is 4.90 Å². The normalized spacial score (nSPS) is 14.6. The van der Waals surface area contributed by atoms with Crippen molar-refractivity contribution in [3.8, 4) is 44.5 Å². The Hall–Kier alpha value is -7.98. The fraction of sp³-hybridized carbons (Fsp3) is 0.0164. The first-order chi connectivity index (χ1) is 31.8. The van der Waals surface area contributed by atoms with Crippen LogP contribution in [-0.4, -0.2) is 0 Å². The standard InChI is InChI=1S/C61H37NOS/c1-2-17-38(18-3-1)40-19-8-13-29-54(40)62(55-30-16-26-47-45-23-9-14-31-56(45)63-59(47)55)39-33-34-44-42-21-5-4-20-41(42)43-22-6-11-27-50(43)61(53(44)37-39)51-28-12-7-25-49(51)58-52(61)36-35-48-46-24-10-15-32-57(46)64-60(48)58/h1-37H. The van der Waals surface area contributed by atoms with Crippen molar-refractivity contribution in [2.45, 2.75) is 5.41 Å². The van der Waals surface area contributed by atoms with E-state index in [1.165, 1.54) is 75.8 Å². The predicted molar refractivity (Wildman–Crippen MR) is 268 cm³/mol. The van der Waals surface area contributed by atoms with Crippen molar-refractivity contribution >= 4 is 70.5 Å². The number of benzene rings is 10. The van der Waals surface area contributed by atoms with E-state index in [1.54, 1.807) is 0 Å². The molecule has 2 heterocycles. The number of hydrogen-bond donors (Lipinski definition) is 0. The molecule has 12 aromatic rings. The molecule has 10 aromatic carbocycles. The summed E-state index contributed by atoms with van der Waals surface area (Å²) in [5, 5.41) is 4.83. The van der Waals surface area contributed by atoms with Crippen LogP contribution in [0.3, 0.4) is 0 Å². The SMILES string of the molecule is c1ccc(-c2ccccc2N(c2ccc3c(c2)C2(c4ccccc4-c4ccccc4-3)c3ccccc3-c3c2ccc2c3sc3ccccc32)c2cccc3c2oc2ccccc23)cc1. The quantitative estimate of drug-likeness (QED) is 0.176. The van der Waals surface area contributed by atoms with Gasteiger partial charge in [-0.15, -0.1) is 11.3 Å². The molecule has 2 aliphatic rings. The topological polar surface area (TPSA) is 16.4 Å². The van der Waals surface area contributed by atoms with Crippen molar-refractivity contribution in [3.63, 3.8) is 0 Å². The summed E-state index contributed by atoms with van der Waals surface area (Å²) in [5.74, 6) is 0. The molecule has 1 atom stereocenters. The van der Waals surface area contributed by atoms with Crippen LogP contribution in [-0.2, 0) is 5.41 Å². The second-order valence-electron chi connectivity index (χ2n) is 17.1. The van der Waals surface area contributed by atoms with E-state index in [-0.39, 0.29) is 0 Å². The van der Waals surface area contributed by atoms with Crippen LogP contribution in [0.2, 0.25) is 0 Å². The molecule has 64 heavy (non-hydrogen) atoms. The summed E-state index contributed by atoms with van der Waals surface area (Å²) in [5.41, 5.74) is 19.3. The van der Waals surface area contributed by atoms with Gasteiger partial charge in [0.25, 0.3) is 0 Å². The molecule has 2 aliphatic carbocycles. The Kier molecular flexibility index (Phi) is 7.51. The van der Waals surface area contributed by atoms with Crippen LogP contribution in [0.15, 0.2) is 229 Å². The lowest BCUT2D eigenvalue weighted by atomic mass is 9.65. The first-order valence-corrected chi connectivity index (χ1v) is 22.8. The first-order valence-electron chi connectivity index (χ1n) is 22.0. The molecular weight excluding hydrogens is 795 g/mol. The molecule has 2 aromatic heterocycles. The van der Waals surface area contributed by atoms with Gasteiger partial charge in [0, 0.05) is 47.8 Å². The smallest absolute Gasteiger partial charge is 0.159 e. The molecule has 1 spiro atoms. The van der Waals surface area contributed by atoms with Gasteiger partial charge in [-0.05, 0) is 92.0 Å². The van der Waals surface area contributed by atoms with E-state index in [9.17, 15) is 0 Å². The second-order valence-corrected chi connectivity index (χ2v) is 18.1. The Balaban J connectivity index is 1.14. The van der Waals surface area contributed by atoms with E-state index in [0.717, 1.165) is 50.1 Å².